The third-order valence-electron chi connectivity index (χ3n) is 3.82. The normalized spacial score (nSPS) is 22.6. The Hall–Kier alpha value is -1.18. The van der Waals surface area contributed by atoms with Crippen molar-refractivity contribution in [3.63, 3.8) is 0 Å². The summed E-state index contributed by atoms with van der Waals surface area (Å²) in [5.41, 5.74) is 0. The highest BCUT2D eigenvalue weighted by molar-refractivity contribution is 5.42. The van der Waals surface area contributed by atoms with Crippen LogP contribution in [0.4, 0.5) is 0 Å². The molecule has 1 aromatic rings. The molecule has 1 unspecified atom stereocenters. The molecule has 1 heterocycles. The van der Waals surface area contributed by atoms with Gasteiger partial charge >= 0.3 is 0 Å². The van der Waals surface area contributed by atoms with E-state index in [0.29, 0.717) is 0 Å². The molecule has 3 rings (SSSR count). The highest BCUT2D eigenvalue weighted by Gasteiger charge is 2.38. The second kappa shape index (κ2) is 4.25. The Morgan fingerprint density at radius 3 is 2.76 bits per heavy atom. The molecule has 0 spiro atoms. The second-order valence-electron chi connectivity index (χ2n) is 5.42. The zero-order valence-corrected chi connectivity index (χ0v) is 10.4. The summed E-state index contributed by atoms with van der Waals surface area (Å²) in [4.78, 5) is 0. The first-order chi connectivity index (χ1) is 8.25. The van der Waals surface area contributed by atoms with Gasteiger partial charge in [-0.3, -0.25) is 0 Å². The van der Waals surface area contributed by atoms with E-state index < -0.39 is 5.79 Å². The maximum Gasteiger partial charge on any atom is 0.249 e. The fraction of sp³-hybridized carbons (Fsp3) is 0.600. The first-order valence-electron chi connectivity index (χ1n) is 6.63. The van der Waals surface area contributed by atoms with Crippen LogP contribution < -0.4 is 9.47 Å². The molecule has 0 bridgehead atoms. The lowest BCUT2D eigenvalue weighted by atomic mass is 9.85. The predicted molar refractivity (Wildman–Crippen MR) is 66.1 cm³/mol. The summed E-state index contributed by atoms with van der Waals surface area (Å²) in [5.74, 6) is 2.00. The van der Waals surface area contributed by atoms with Crippen LogP contribution in [-0.2, 0) is 0 Å². The molecule has 1 radical (unpaired) electrons. The van der Waals surface area contributed by atoms with Crippen LogP contribution in [0.1, 0.15) is 45.4 Å². The molecule has 0 aromatic heterocycles. The van der Waals surface area contributed by atoms with Crippen molar-refractivity contribution in [2.24, 2.45) is 5.92 Å². The average molecular weight is 231 g/mol. The Labute approximate surface area is 103 Å². The van der Waals surface area contributed by atoms with Gasteiger partial charge in [0, 0.05) is 13.3 Å². The van der Waals surface area contributed by atoms with E-state index in [-0.39, 0.29) is 0 Å². The summed E-state index contributed by atoms with van der Waals surface area (Å²) in [6.45, 7) is 2.06. The van der Waals surface area contributed by atoms with E-state index in [1.54, 1.807) is 0 Å². The van der Waals surface area contributed by atoms with Crippen LogP contribution in [0.3, 0.4) is 0 Å². The fourth-order valence-electron chi connectivity index (χ4n) is 3.05. The van der Waals surface area contributed by atoms with Gasteiger partial charge in [0.05, 0.1) is 0 Å². The summed E-state index contributed by atoms with van der Waals surface area (Å²) < 4.78 is 11.9. The van der Waals surface area contributed by atoms with E-state index in [4.69, 9.17) is 9.47 Å². The Balaban J connectivity index is 1.68. The van der Waals surface area contributed by atoms with Crippen molar-refractivity contribution in [2.45, 2.75) is 51.2 Å². The van der Waals surface area contributed by atoms with Crippen LogP contribution in [0, 0.1) is 12.0 Å². The SMILES string of the molecule is CC1(CC2CCCCC2)Oc2c[c]ccc2O1. The van der Waals surface area contributed by atoms with Gasteiger partial charge in [0.2, 0.25) is 5.79 Å². The van der Waals surface area contributed by atoms with Crippen molar-refractivity contribution < 1.29 is 9.47 Å². The van der Waals surface area contributed by atoms with E-state index in [0.717, 1.165) is 23.8 Å². The molecule has 2 nitrogen and oxygen atoms in total. The van der Waals surface area contributed by atoms with Crippen molar-refractivity contribution in [1.82, 2.24) is 0 Å². The fourth-order valence-corrected chi connectivity index (χ4v) is 3.05. The predicted octanol–water partition coefficient (Wildman–Crippen LogP) is 3.94. The molecule has 1 aliphatic carbocycles. The Morgan fingerprint density at radius 2 is 2.00 bits per heavy atom. The van der Waals surface area contributed by atoms with Crippen LogP contribution >= 0.6 is 0 Å². The first-order valence-corrected chi connectivity index (χ1v) is 6.63. The van der Waals surface area contributed by atoms with E-state index in [1.165, 1.54) is 32.1 Å². The third kappa shape index (κ3) is 2.26. The lowest BCUT2D eigenvalue weighted by Gasteiger charge is -2.30. The highest BCUT2D eigenvalue weighted by atomic mass is 16.7. The molecule has 1 aromatic carbocycles. The van der Waals surface area contributed by atoms with Gasteiger partial charge in [-0.15, -0.1) is 0 Å². The molecule has 1 saturated carbocycles. The molecular weight excluding hydrogens is 212 g/mol. The first kappa shape index (κ1) is 10.9. The van der Waals surface area contributed by atoms with E-state index >= 15 is 0 Å². The molecule has 91 valence electrons. The molecule has 17 heavy (non-hydrogen) atoms. The lowest BCUT2D eigenvalue weighted by molar-refractivity contribution is -0.0825. The number of ether oxygens (including phenoxy) is 2. The summed E-state index contributed by atoms with van der Waals surface area (Å²) >= 11 is 0. The zero-order valence-electron chi connectivity index (χ0n) is 10.4. The molecular formula is C15H19O2. The van der Waals surface area contributed by atoms with Gasteiger partial charge in [0.25, 0.3) is 0 Å². The van der Waals surface area contributed by atoms with Crippen molar-refractivity contribution in [3.8, 4) is 11.5 Å². The maximum absolute atomic E-state index is 5.95. The highest BCUT2D eigenvalue weighted by Crippen LogP contribution is 2.42. The Kier molecular flexibility index (Phi) is 2.73. The Morgan fingerprint density at radius 1 is 1.24 bits per heavy atom. The van der Waals surface area contributed by atoms with Crippen LogP contribution in [-0.4, -0.2) is 5.79 Å². The van der Waals surface area contributed by atoms with Gasteiger partial charge < -0.3 is 9.47 Å². The molecule has 1 aliphatic heterocycles. The van der Waals surface area contributed by atoms with Crippen molar-refractivity contribution in [1.29, 1.82) is 0 Å². The zero-order chi connectivity index (χ0) is 11.7. The van der Waals surface area contributed by atoms with Gasteiger partial charge in [0.1, 0.15) is 0 Å². The van der Waals surface area contributed by atoms with E-state index in [2.05, 4.69) is 13.0 Å². The van der Waals surface area contributed by atoms with Gasteiger partial charge in [0.15, 0.2) is 11.5 Å². The van der Waals surface area contributed by atoms with Crippen LogP contribution in [0.25, 0.3) is 0 Å². The number of hydrogen-bond donors (Lipinski definition) is 0. The number of benzene rings is 1. The smallest absolute Gasteiger partial charge is 0.249 e. The topological polar surface area (TPSA) is 18.5 Å². The molecule has 2 heteroatoms. The van der Waals surface area contributed by atoms with E-state index in [9.17, 15) is 0 Å². The molecule has 0 N–H and O–H groups in total. The molecule has 0 amide bonds. The Bertz CT molecular complexity index is 369. The molecule has 0 saturated heterocycles. The molecule has 2 aliphatic rings. The van der Waals surface area contributed by atoms with Gasteiger partial charge in [-0.2, -0.15) is 0 Å². The molecule has 1 atom stereocenters. The number of hydrogen-bond acceptors (Lipinski definition) is 2. The summed E-state index contributed by atoms with van der Waals surface area (Å²) in [5, 5.41) is 0. The van der Waals surface area contributed by atoms with E-state index in [1.807, 2.05) is 18.2 Å². The largest absolute Gasteiger partial charge is 0.449 e. The monoisotopic (exact) mass is 231 g/mol. The minimum absolute atomic E-state index is 0.459. The van der Waals surface area contributed by atoms with Gasteiger partial charge in [-0.25, -0.2) is 0 Å². The standard InChI is InChI=1S/C15H19O2/c1-15(11-12-7-3-2-4-8-12)16-13-9-5-6-10-14(13)17-15/h5,9-10,12H,2-4,7-8,11H2,1H3. The number of rotatable bonds is 2. The van der Waals surface area contributed by atoms with Crippen molar-refractivity contribution in [3.05, 3.63) is 24.3 Å². The van der Waals surface area contributed by atoms with Crippen molar-refractivity contribution in [2.75, 3.05) is 0 Å². The quantitative estimate of drug-likeness (QED) is 0.767. The average Bonchev–Trinajstić information content (AvgIpc) is 2.66. The van der Waals surface area contributed by atoms with Crippen LogP contribution in [0.15, 0.2) is 18.2 Å². The maximum atomic E-state index is 5.95. The summed E-state index contributed by atoms with van der Waals surface area (Å²) in [6, 6.07) is 8.69. The van der Waals surface area contributed by atoms with Crippen LogP contribution in [0.5, 0.6) is 11.5 Å². The van der Waals surface area contributed by atoms with Gasteiger partial charge in [-0.05, 0) is 24.1 Å². The summed E-state index contributed by atoms with van der Waals surface area (Å²) in [7, 11) is 0. The van der Waals surface area contributed by atoms with Crippen LogP contribution in [0.2, 0.25) is 0 Å². The summed E-state index contributed by atoms with van der Waals surface area (Å²) in [6.07, 6.45) is 7.77. The van der Waals surface area contributed by atoms with Gasteiger partial charge in [-0.1, -0.05) is 38.2 Å². The number of fused-ring (bicyclic) bond motifs is 1. The third-order valence-corrected chi connectivity index (χ3v) is 3.82. The minimum Gasteiger partial charge on any atom is -0.449 e. The second-order valence-corrected chi connectivity index (χ2v) is 5.42. The molecule has 1 fully saturated rings. The van der Waals surface area contributed by atoms with Crippen molar-refractivity contribution >= 4 is 0 Å². The minimum atomic E-state index is -0.459. The lowest BCUT2D eigenvalue weighted by Crippen LogP contribution is -2.37.